The van der Waals surface area contributed by atoms with Crippen LogP contribution in [-0.2, 0) is 0 Å². The number of ether oxygens (including phenoxy) is 1. The number of nitrogens with zero attached hydrogens (tertiary/aromatic N) is 2. The number of phenols is 1. The molecule has 0 aliphatic carbocycles. The van der Waals surface area contributed by atoms with Crippen LogP contribution < -0.4 is 4.74 Å². The molecule has 0 unspecified atom stereocenters. The summed E-state index contributed by atoms with van der Waals surface area (Å²) in [5.41, 5.74) is 0.658. The molecule has 0 atom stereocenters. The van der Waals surface area contributed by atoms with Crippen LogP contribution in [0.2, 0.25) is 0 Å². The van der Waals surface area contributed by atoms with Crippen molar-refractivity contribution in [3.8, 4) is 11.5 Å². The molecule has 0 aromatic heterocycles. The summed E-state index contributed by atoms with van der Waals surface area (Å²) in [7, 11) is 0. The molecule has 6 heteroatoms. The Morgan fingerprint density at radius 3 is 2.67 bits per heavy atom. The van der Waals surface area contributed by atoms with Gasteiger partial charge in [0.15, 0.2) is 0 Å². The lowest BCUT2D eigenvalue weighted by Gasteiger charge is -2.05. The van der Waals surface area contributed by atoms with E-state index in [1.807, 2.05) is 13.0 Å². The smallest absolute Gasteiger partial charge is 0.339 e. The SMILES string of the molecule is CCOc1ccccc1N=Nc1ccc(O)c(C(=O)O)c1. The van der Waals surface area contributed by atoms with Crippen molar-refractivity contribution in [3.05, 3.63) is 48.0 Å². The zero-order valence-corrected chi connectivity index (χ0v) is 11.4. The molecule has 0 saturated carbocycles. The molecular weight excluding hydrogens is 272 g/mol. The monoisotopic (exact) mass is 286 g/mol. The predicted octanol–water partition coefficient (Wildman–Crippen LogP) is 3.90. The number of aromatic carboxylic acids is 1. The van der Waals surface area contributed by atoms with Gasteiger partial charge >= 0.3 is 5.97 Å². The number of benzene rings is 2. The van der Waals surface area contributed by atoms with Crippen LogP contribution in [0.15, 0.2) is 52.7 Å². The maximum atomic E-state index is 10.9. The number of hydrogen-bond donors (Lipinski definition) is 2. The second-order valence-corrected chi connectivity index (χ2v) is 4.11. The number of carboxylic acid groups (broad SMARTS) is 1. The number of para-hydroxylation sites is 1. The topological polar surface area (TPSA) is 91.5 Å². The van der Waals surface area contributed by atoms with E-state index < -0.39 is 5.97 Å². The lowest BCUT2D eigenvalue weighted by Crippen LogP contribution is -1.95. The van der Waals surface area contributed by atoms with E-state index >= 15 is 0 Å². The van der Waals surface area contributed by atoms with Crippen LogP contribution in [0.3, 0.4) is 0 Å². The molecule has 2 rings (SSSR count). The second kappa shape index (κ2) is 6.51. The molecule has 2 aromatic carbocycles. The van der Waals surface area contributed by atoms with Crippen LogP contribution in [0.25, 0.3) is 0 Å². The Bertz CT molecular complexity index is 683. The summed E-state index contributed by atoms with van der Waals surface area (Å²) in [5, 5.41) is 26.4. The Morgan fingerprint density at radius 2 is 1.95 bits per heavy atom. The molecule has 0 aliphatic heterocycles. The van der Waals surface area contributed by atoms with E-state index in [-0.39, 0.29) is 11.3 Å². The Labute approximate surface area is 121 Å². The molecule has 2 aromatic rings. The van der Waals surface area contributed by atoms with Gasteiger partial charge in [0.05, 0.1) is 12.3 Å². The summed E-state index contributed by atoms with van der Waals surface area (Å²) < 4.78 is 5.42. The number of carboxylic acids is 1. The third-order valence-electron chi connectivity index (χ3n) is 2.65. The molecule has 21 heavy (non-hydrogen) atoms. The van der Waals surface area contributed by atoms with Gasteiger partial charge in [0.2, 0.25) is 0 Å². The van der Waals surface area contributed by atoms with Gasteiger partial charge in [-0.05, 0) is 37.3 Å². The second-order valence-electron chi connectivity index (χ2n) is 4.11. The fourth-order valence-corrected chi connectivity index (χ4v) is 1.69. The maximum absolute atomic E-state index is 10.9. The van der Waals surface area contributed by atoms with E-state index in [0.29, 0.717) is 23.7 Å². The van der Waals surface area contributed by atoms with Crippen molar-refractivity contribution in [1.82, 2.24) is 0 Å². The third-order valence-corrected chi connectivity index (χ3v) is 2.65. The molecule has 0 bridgehead atoms. The zero-order valence-electron chi connectivity index (χ0n) is 11.4. The van der Waals surface area contributed by atoms with Gasteiger partial charge in [-0.25, -0.2) is 4.79 Å². The summed E-state index contributed by atoms with van der Waals surface area (Å²) in [5.74, 6) is -0.934. The van der Waals surface area contributed by atoms with Crippen LogP contribution in [0, 0.1) is 0 Å². The van der Waals surface area contributed by atoms with Gasteiger partial charge < -0.3 is 14.9 Å². The molecule has 0 saturated heterocycles. The number of azo groups is 1. The highest BCUT2D eigenvalue weighted by atomic mass is 16.5. The van der Waals surface area contributed by atoms with Gasteiger partial charge in [-0.3, -0.25) is 0 Å². The van der Waals surface area contributed by atoms with Crippen LogP contribution in [0.1, 0.15) is 17.3 Å². The van der Waals surface area contributed by atoms with Crippen molar-refractivity contribution in [2.45, 2.75) is 6.92 Å². The number of carbonyl (C=O) groups is 1. The van der Waals surface area contributed by atoms with Gasteiger partial charge in [0, 0.05) is 0 Å². The van der Waals surface area contributed by atoms with Crippen molar-refractivity contribution in [3.63, 3.8) is 0 Å². The Balaban J connectivity index is 2.30. The Kier molecular flexibility index (Phi) is 4.50. The van der Waals surface area contributed by atoms with Crippen molar-refractivity contribution in [2.24, 2.45) is 10.2 Å². The van der Waals surface area contributed by atoms with E-state index in [2.05, 4.69) is 10.2 Å². The highest BCUT2D eigenvalue weighted by molar-refractivity contribution is 5.91. The maximum Gasteiger partial charge on any atom is 0.339 e. The van der Waals surface area contributed by atoms with E-state index in [4.69, 9.17) is 9.84 Å². The van der Waals surface area contributed by atoms with Gasteiger partial charge in [0.25, 0.3) is 0 Å². The summed E-state index contributed by atoms with van der Waals surface area (Å²) in [4.78, 5) is 10.9. The summed E-state index contributed by atoms with van der Waals surface area (Å²) in [6.07, 6.45) is 0. The third kappa shape index (κ3) is 3.56. The van der Waals surface area contributed by atoms with E-state index in [0.717, 1.165) is 0 Å². The molecule has 6 nitrogen and oxygen atoms in total. The molecule has 108 valence electrons. The zero-order chi connectivity index (χ0) is 15.2. The van der Waals surface area contributed by atoms with E-state index in [1.165, 1.54) is 18.2 Å². The first-order valence-corrected chi connectivity index (χ1v) is 6.31. The minimum Gasteiger partial charge on any atom is -0.507 e. The molecule has 0 spiro atoms. The average Bonchev–Trinajstić information content (AvgIpc) is 2.47. The predicted molar refractivity (Wildman–Crippen MR) is 76.9 cm³/mol. The number of rotatable bonds is 5. The van der Waals surface area contributed by atoms with Crippen molar-refractivity contribution < 1.29 is 19.7 Å². The molecule has 0 heterocycles. The molecule has 0 fully saturated rings. The van der Waals surface area contributed by atoms with Gasteiger partial charge in [-0.2, -0.15) is 5.11 Å². The number of aromatic hydroxyl groups is 1. The Morgan fingerprint density at radius 1 is 1.19 bits per heavy atom. The number of hydrogen-bond acceptors (Lipinski definition) is 5. The first kappa shape index (κ1) is 14.5. The fourth-order valence-electron chi connectivity index (χ4n) is 1.69. The van der Waals surface area contributed by atoms with Crippen molar-refractivity contribution >= 4 is 17.3 Å². The van der Waals surface area contributed by atoms with Crippen molar-refractivity contribution in [1.29, 1.82) is 0 Å². The first-order valence-electron chi connectivity index (χ1n) is 6.31. The van der Waals surface area contributed by atoms with Gasteiger partial charge in [-0.15, -0.1) is 5.11 Å². The minimum absolute atomic E-state index is 0.218. The lowest BCUT2D eigenvalue weighted by atomic mass is 10.2. The molecular formula is C15H14N2O4. The molecule has 0 amide bonds. The summed E-state index contributed by atoms with van der Waals surface area (Å²) in [6, 6.07) is 11.2. The molecule has 2 N–H and O–H groups in total. The fraction of sp³-hybridized carbons (Fsp3) is 0.133. The first-order chi connectivity index (χ1) is 10.1. The largest absolute Gasteiger partial charge is 0.507 e. The van der Waals surface area contributed by atoms with Crippen LogP contribution in [0.4, 0.5) is 11.4 Å². The van der Waals surface area contributed by atoms with Gasteiger partial charge in [0.1, 0.15) is 22.7 Å². The molecule has 0 radical (unpaired) electrons. The quantitative estimate of drug-likeness (QED) is 0.815. The molecule has 0 aliphatic rings. The minimum atomic E-state index is -1.22. The standard InChI is InChI=1S/C15H14N2O4/c1-2-21-14-6-4-3-5-12(14)17-16-10-7-8-13(18)11(9-10)15(19)20/h3-9,18H,2H2,1H3,(H,19,20). The van der Waals surface area contributed by atoms with Crippen LogP contribution in [-0.4, -0.2) is 22.8 Å². The highest BCUT2D eigenvalue weighted by Gasteiger charge is 2.10. The Hall–Kier alpha value is -2.89. The van der Waals surface area contributed by atoms with Crippen LogP contribution >= 0.6 is 0 Å². The normalized spacial score (nSPS) is 10.7. The average molecular weight is 286 g/mol. The lowest BCUT2D eigenvalue weighted by molar-refractivity contribution is 0.0694. The highest BCUT2D eigenvalue weighted by Crippen LogP contribution is 2.30. The summed E-state index contributed by atoms with van der Waals surface area (Å²) >= 11 is 0. The summed E-state index contributed by atoms with van der Waals surface area (Å²) in [6.45, 7) is 2.38. The van der Waals surface area contributed by atoms with Gasteiger partial charge in [-0.1, -0.05) is 12.1 Å². The van der Waals surface area contributed by atoms with Crippen molar-refractivity contribution in [2.75, 3.05) is 6.61 Å². The van der Waals surface area contributed by atoms with E-state index in [9.17, 15) is 9.90 Å². The van der Waals surface area contributed by atoms with Crippen LogP contribution in [0.5, 0.6) is 11.5 Å². The van der Waals surface area contributed by atoms with E-state index in [1.54, 1.807) is 18.2 Å².